The van der Waals surface area contributed by atoms with Crippen LogP contribution in [0.25, 0.3) is 0 Å². The van der Waals surface area contributed by atoms with Crippen LogP contribution in [-0.4, -0.2) is 61.1 Å². The average molecular weight is 376 g/mol. The number of amides is 1. The van der Waals surface area contributed by atoms with E-state index >= 15 is 0 Å². The van der Waals surface area contributed by atoms with Crippen LogP contribution in [0.4, 0.5) is 11.6 Å². The number of hydrogen-bond donors (Lipinski definition) is 1. The van der Waals surface area contributed by atoms with E-state index in [-0.39, 0.29) is 5.91 Å². The van der Waals surface area contributed by atoms with E-state index in [1.165, 1.54) is 7.11 Å². The molecule has 1 N–H and O–H groups in total. The summed E-state index contributed by atoms with van der Waals surface area (Å²) in [4.78, 5) is 25.7. The monoisotopic (exact) mass is 375 g/mol. The highest BCUT2D eigenvalue weighted by molar-refractivity contribution is 6.31. The van der Waals surface area contributed by atoms with Crippen molar-refractivity contribution in [2.24, 2.45) is 0 Å². The van der Waals surface area contributed by atoms with Crippen molar-refractivity contribution in [2.75, 3.05) is 50.6 Å². The number of carbonyl (C=O) groups excluding carboxylic acids is 1. The Balaban J connectivity index is 1.78. The van der Waals surface area contributed by atoms with Crippen LogP contribution >= 0.6 is 11.6 Å². The number of hydrogen-bond acceptors (Lipinski definition) is 6. The van der Waals surface area contributed by atoms with Gasteiger partial charge in [-0.3, -0.25) is 4.79 Å². The summed E-state index contributed by atoms with van der Waals surface area (Å²) in [5, 5.41) is 3.43. The lowest BCUT2D eigenvalue weighted by atomic mass is 10.2. The van der Waals surface area contributed by atoms with Crippen molar-refractivity contribution < 1.29 is 9.53 Å². The Bertz CT molecular complexity index is 806. The highest BCUT2D eigenvalue weighted by Crippen LogP contribution is 2.31. The number of anilines is 2. The second-order valence-corrected chi connectivity index (χ2v) is 6.70. The van der Waals surface area contributed by atoms with Crippen LogP contribution in [0.5, 0.6) is 5.75 Å². The number of benzene rings is 1. The second-order valence-electron chi connectivity index (χ2n) is 6.29. The van der Waals surface area contributed by atoms with Crippen molar-refractivity contribution in [1.82, 2.24) is 14.9 Å². The Morgan fingerprint density at radius 2 is 2.00 bits per heavy atom. The minimum Gasteiger partial charge on any atom is -0.495 e. The molecule has 26 heavy (non-hydrogen) atoms. The van der Waals surface area contributed by atoms with Gasteiger partial charge in [0.15, 0.2) is 0 Å². The third-order valence-corrected chi connectivity index (χ3v) is 4.80. The number of piperazine rings is 1. The van der Waals surface area contributed by atoms with Gasteiger partial charge >= 0.3 is 0 Å². The maximum Gasteiger partial charge on any atom is 0.274 e. The van der Waals surface area contributed by atoms with Gasteiger partial charge in [0.25, 0.3) is 5.91 Å². The number of rotatable bonds is 4. The summed E-state index contributed by atoms with van der Waals surface area (Å²) < 4.78 is 5.30. The maximum atomic E-state index is 12.6. The minimum absolute atomic E-state index is 0.309. The van der Waals surface area contributed by atoms with Gasteiger partial charge in [-0.1, -0.05) is 11.6 Å². The van der Waals surface area contributed by atoms with E-state index in [9.17, 15) is 4.79 Å². The number of aryl methyl sites for hydroxylation is 1. The zero-order chi connectivity index (χ0) is 18.7. The van der Waals surface area contributed by atoms with E-state index < -0.39 is 0 Å². The Morgan fingerprint density at radius 1 is 1.27 bits per heavy atom. The molecule has 0 radical (unpaired) electrons. The molecule has 2 aromatic rings. The molecule has 1 saturated heterocycles. The third kappa shape index (κ3) is 4.05. The lowest BCUT2D eigenvalue weighted by molar-refractivity contribution is 0.102. The highest BCUT2D eigenvalue weighted by Gasteiger charge is 2.19. The van der Waals surface area contributed by atoms with Crippen molar-refractivity contribution in [3.63, 3.8) is 0 Å². The quantitative estimate of drug-likeness (QED) is 0.885. The van der Waals surface area contributed by atoms with E-state index in [0.29, 0.717) is 28.1 Å². The van der Waals surface area contributed by atoms with Gasteiger partial charge in [0.1, 0.15) is 11.4 Å². The molecule has 138 valence electrons. The first-order chi connectivity index (χ1) is 12.5. The Kier molecular flexibility index (Phi) is 5.58. The highest BCUT2D eigenvalue weighted by atomic mass is 35.5. The molecule has 0 unspecified atom stereocenters. The first-order valence-electron chi connectivity index (χ1n) is 8.40. The van der Waals surface area contributed by atoms with Gasteiger partial charge in [0.05, 0.1) is 12.8 Å². The lowest BCUT2D eigenvalue weighted by Gasteiger charge is -2.32. The number of nitrogens with zero attached hydrogens (tertiary/aromatic N) is 4. The minimum atomic E-state index is -0.317. The predicted molar refractivity (Wildman–Crippen MR) is 102 cm³/mol. The van der Waals surface area contributed by atoms with Gasteiger partial charge in [0, 0.05) is 43.5 Å². The molecule has 1 aromatic carbocycles. The van der Waals surface area contributed by atoms with Crippen molar-refractivity contribution in [3.05, 3.63) is 40.7 Å². The number of ether oxygens (including phenoxy) is 1. The molecular weight excluding hydrogens is 354 g/mol. The molecule has 0 spiro atoms. The Labute approximate surface area is 157 Å². The van der Waals surface area contributed by atoms with Crippen LogP contribution in [0.3, 0.4) is 0 Å². The number of halogens is 1. The van der Waals surface area contributed by atoms with E-state index in [0.717, 1.165) is 31.7 Å². The Morgan fingerprint density at radius 3 is 2.69 bits per heavy atom. The molecular formula is C18H22ClN5O2. The van der Waals surface area contributed by atoms with Crippen LogP contribution < -0.4 is 15.0 Å². The van der Waals surface area contributed by atoms with Crippen molar-refractivity contribution >= 4 is 29.1 Å². The molecule has 3 rings (SSSR count). The van der Waals surface area contributed by atoms with Crippen LogP contribution in [-0.2, 0) is 0 Å². The first kappa shape index (κ1) is 18.4. The zero-order valence-electron chi connectivity index (χ0n) is 15.1. The second kappa shape index (κ2) is 7.88. The van der Waals surface area contributed by atoms with E-state index in [1.54, 1.807) is 24.4 Å². The van der Waals surface area contributed by atoms with Crippen LogP contribution in [0.15, 0.2) is 24.4 Å². The summed E-state index contributed by atoms with van der Waals surface area (Å²) in [6.45, 7) is 5.44. The predicted octanol–water partition coefficient (Wildman–Crippen LogP) is 2.45. The summed E-state index contributed by atoms with van der Waals surface area (Å²) in [5.41, 5.74) is 1.71. The molecule has 2 heterocycles. The van der Waals surface area contributed by atoms with Crippen LogP contribution in [0.1, 0.15) is 16.1 Å². The molecule has 1 fully saturated rings. The van der Waals surface area contributed by atoms with Gasteiger partial charge in [-0.25, -0.2) is 9.97 Å². The summed E-state index contributed by atoms with van der Waals surface area (Å²) in [6.07, 6.45) is 1.61. The van der Waals surface area contributed by atoms with Crippen LogP contribution in [0, 0.1) is 6.92 Å². The van der Waals surface area contributed by atoms with Crippen molar-refractivity contribution in [2.45, 2.75) is 6.92 Å². The third-order valence-electron chi connectivity index (χ3n) is 4.39. The van der Waals surface area contributed by atoms with Crippen molar-refractivity contribution in [1.29, 1.82) is 0 Å². The SMILES string of the molecule is COc1cc(Cl)c(C)cc1NC(=O)c1ccnc(N2CCN(C)CC2)n1. The van der Waals surface area contributed by atoms with Gasteiger partial charge in [-0.05, 0) is 31.7 Å². The summed E-state index contributed by atoms with van der Waals surface area (Å²) in [5.74, 6) is 0.759. The topological polar surface area (TPSA) is 70.6 Å². The molecule has 1 aliphatic heterocycles. The first-order valence-corrected chi connectivity index (χ1v) is 8.77. The molecule has 0 aliphatic carbocycles. The molecule has 1 aliphatic rings. The molecule has 1 amide bonds. The van der Waals surface area contributed by atoms with Gasteiger partial charge in [0.2, 0.25) is 5.95 Å². The molecule has 0 bridgehead atoms. The summed E-state index contributed by atoms with van der Waals surface area (Å²) in [6, 6.07) is 5.06. The van der Waals surface area contributed by atoms with Crippen LogP contribution in [0.2, 0.25) is 5.02 Å². The number of nitrogens with one attached hydrogen (secondary N) is 1. The van der Waals surface area contributed by atoms with Gasteiger partial charge < -0.3 is 19.9 Å². The van der Waals surface area contributed by atoms with E-state index in [4.69, 9.17) is 16.3 Å². The van der Waals surface area contributed by atoms with Gasteiger partial charge in [-0.15, -0.1) is 0 Å². The molecule has 1 aromatic heterocycles. The molecule has 0 saturated carbocycles. The standard InChI is InChI=1S/C18H22ClN5O2/c1-12-10-15(16(26-3)11-13(12)19)21-17(25)14-4-5-20-18(22-14)24-8-6-23(2)7-9-24/h4-5,10-11H,6-9H2,1-3H3,(H,21,25). The normalized spacial score (nSPS) is 15.0. The Hall–Kier alpha value is -2.38. The molecule has 8 heteroatoms. The largest absolute Gasteiger partial charge is 0.495 e. The number of aromatic nitrogens is 2. The zero-order valence-corrected chi connectivity index (χ0v) is 15.9. The van der Waals surface area contributed by atoms with Crippen molar-refractivity contribution in [3.8, 4) is 5.75 Å². The number of methoxy groups -OCH3 is 1. The summed E-state index contributed by atoms with van der Waals surface area (Å²) in [7, 11) is 3.62. The smallest absolute Gasteiger partial charge is 0.274 e. The molecule has 0 atom stereocenters. The number of likely N-dealkylation sites (N-methyl/N-ethyl adjacent to an activating group) is 1. The lowest BCUT2D eigenvalue weighted by Crippen LogP contribution is -2.45. The van der Waals surface area contributed by atoms with Gasteiger partial charge in [-0.2, -0.15) is 0 Å². The van der Waals surface area contributed by atoms with E-state index in [1.807, 2.05) is 6.92 Å². The fourth-order valence-electron chi connectivity index (χ4n) is 2.75. The molecule has 7 nitrogen and oxygen atoms in total. The van der Waals surface area contributed by atoms with E-state index in [2.05, 4.69) is 32.1 Å². The fraction of sp³-hybridized carbons (Fsp3) is 0.389. The summed E-state index contributed by atoms with van der Waals surface area (Å²) >= 11 is 6.11. The number of carbonyl (C=O) groups is 1. The average Bonchev–Trinajstić information content (AvgIpc) is 2.65. The maximum absolute atomic E-state index is 12.6. The fourth-order valence-corrected chi connectivity index (χ4v) is 2.90.